The summed E-state index contributed by atoms with van der Waals surface area (Å²) in [5.41, 5.74) is 11.1. The summed E-state index contributed by atoms with van der Waals surface area (Å²) < 4.78 is 4.91. The molecule has 0 aromatic carbocycles. The van der Waals surface area contributed by atoms with E-state index in [4.69, 9.17) is 21.1 Å². The fourth-order valence-corrected chi connectivity index (χ4v) is 1.63. The minimum absolute atomic E-state index is 0.722. The van der Waals surface area contributed by atoms with Crippen molar-refractivity contribution in [1.82, 2.24) is 0 Å². The van der Waals surface area contributed by atoms with Gasteiger partial charge in [0.05, 0.1) is 6.61 Å². The number of hydrogen-bond donors (Lipinski definition) is 6. The summed E-state index contributed by atoms with van der Waals surface area (Å²) in [7, 11) is 0. The van der Waals surface area contributed by atoms with E-state index in [0.717, 1.165) is 0 Å². The summed E-state index contributed by atoms with van der Waals surface area (Å²) in [6, 6.07) is 0. The Morgan fingerprint density at radius 3 is 2.41 bits per heavy atom. The summed E-state index contributed by atoms with van der Waals surface area (Å²) in [5.74, 6) is 0. The molecular formula is C7H14N4O6. The van der Waals surface area contributed by atoms with Gasteiger partial charge in [-0.1, -0.05) is 5.11 Å². The highest BCUT2D eigenvalue weighted by Crippen LogP contribution is 2.33. The quantitative estimate of drug-likeness (QED) is 0.131. The second kappa shape index (κ2) is 5.12. The van der Waals surface area contributed by atoms with Crippen molar-refractivity contribution >= 4 is 0 Å². The van der Waals surface area contributed by atoms with Crippen molar-refractivity contribution in [3.63, 3.8) is 0 Å². The average molecular weight is 250 g/mol. The van der Waals surface area contributed by atoms with E-state index in [1.165, 1.54) is 0 Å². The Balaban J connectivity index is 3.16. The van der Waals surface area contributed by atoms with E-state index in [0.29, 0.717) is 0 Å². The molecule has 1 fully saturated rings. The predicted octanol–water partition coefficient (Wildman–Crippen LogP) is -3.26. The predicted molar refractivity (Wildman–Crippen MR) is 52.1 cm³/mol. The Labute approximate surface area is 95.5 Å². The first-order valence-corrected chi connectivity index (χ1v) is 4.73. The van der Waals surface area contributed by atoms with Crippen LogP contribution in [0.25, 0.3) is 10.4 Å². The number of ether oxygens (including phenoxy) is 1. The molecule has 0 aliphatic carbocycles. The second-order valence-electron chi connectivity index (χ2n) is 3.65. The topological polar surface area (TPSA) is 185 Å². The van der Waals surface area contributed by atoms with Gasteiger partial charge in [-0.2, -0.15) is 0 Å². The zero-order valence-electron chi connectivity index (χ0n) is 8.66. The standard InChI is InChI=1S/C7H14N4O6/c8-6(16)7(10-11-9)5(15)4(14)3(13)2(1-12)17-7/h2-6,12-16H,1,8H2. The van der Waals surface area contributed by atoms with Gasteiger partial charge in [-0.05, 0) is 5.53 Å². The maximum atomic E-state index is 9.65. The third-order valence-electron chi connectivity index (χ3n) is 2.62. The third-order valence-corrected chi connectivity index (χ3v) is 2.62. The zero-order chi connectivity index (χ0) is 13.2. The first-order valence-electron chi connectivity index (χ1n) is 4.73. The van der Waals surface area contributed by atoms with E-state index in [1.807, 2.05) is 0 Å². The highest BCUT2D eigenvalue weighted by molar-refractivity contribution is 5.02. The Hall–Kier alpha value is -0.970. The Morgan fingerprint density at radius 2 is 2.00 bits per heavy atom. The van der Waals surface area contributed by atoms with Crippen LogP contribution in [0, 0.1) is 0 Å². The van der Waals surface area contributed by atoms with Crippen molar-refractivity contribution in [2.75, 3.05) is 6.61 Å². The molecule has 0 bridgehead atoms. The summed E-state index contributed by atoms with van der Waals surface area (Å²) in [6.07, 6.45) is -8.61. The van der Waals surface area contributed by atoms with E-state index in [-0.39, 0.29) is 0 Å². The fraction of sp³-hybridized carbons (Fsp3) is 1.00. The Kier molecular flexibility index (Phi) is 4.25. The van der Waals surface area contributed by atoms with Crippen LogP contribution >= 0.6 is 0 Å². The smallest absolute Gasteiger partial charge is 0.214 e. The fourth-order valence-electron chi connectivity index (χ4n) is 1.63. The van der Waals surface area contributed by atoms with Crippen LogP contribution in [-0.2, 0) is 4.74 Å². The molecule has 1 heterocycles. The van der Waals surface area contributed by atoms with Crippen LogP contribution in [0.3, 0.4) is 0 Å². The molecule has 17 heavy (non-hydrogen) atoms. The van der Waals surface area contributed by atoms with Crippen molar-refractivity contribution in [3.05, 3.63) is 10.4 Å². The van der Waals surface area contributed by atoms with Crippen molar-refractivity contribution in [2.24, 2.45) is 10.8 Å². The molecule has 0 amide bonds. The minimum atomic E-state index is -2.36. The molecule has 1 saturated heterocycles. The molecule has 0 saturated carbocycles. The molecule has 10 nitrogen and oxygen atoms in total. The van der Waals surface area contributed by atoms with Gasteiger partial charge < -0.3 is 36.0 Å². The molecule has 1 aliphatic rings. The highest BCUT2D eigenvalue weighted by Gasteiger charge is 2.56. The summed E-state index contributed by atoms with van der Waals surface area (Å²) in [4.78, 5) is 2.36. The Bertz CT molecular complexity index is 319. The van der Waals surface area contributed by atoms with E-state index < -0.39 is 43.0 Å². The maximum Gasteiger partial charge on any atom is 0.214 e. The molecule has 0 aromatic heterocycles. The lowest BCUT2D eigenvalue weighted by molar-refractivity contribution is -0.295. The lowest BCUT2D eigenvalue weighted by Crippen LogP contribution is -2.69. The van der Waals surface area contributed by atoms with Crippen LogP contribution in [0.15, 0.2) is 5.11 Å². The van der Waals surface area contributed by atoms with Gasteiger partial charge in [0.2, 0.25) is 5.72 Å². The van der Waals surface area contributed by atoms with Crippen LogP contribution in [0.4, 0.5) is 0 Å². The molecule has 0 aromatic rings. The van der Waals surface area contributed by atoms with Crippen LogP contribution in [0.1, 0.15) is 0 Å². The van der Waals surface area contributed by atoms with E-state index in [9.17, 15) is 20.4 Å². The molecule has 1 aliphatic heterocycles. The van der Waals surface area contributed by atoms with Crippen LogP contribution in [0.5, 0.6) is 0 Å². The molecule has 7 N–H and O–H groups in total. The number of nitrogens with two attached hydrogens (primary N) is 1. The third kappa shape index (κ3) is 2.20. The molecule has 6 unspecified atom stereocenters. The molecular weight excluding hydrogens is 236 g/mol. The van der Waals surface area contributed by atoms with Crippen molar-refractivity contribution < 1.29 is 30.3 Å². The first kappa shape index (κ1) is 14.1. The first-order chi connectivity index (χ1) is 7.90. The van der Waals surface area contributed by atoms with Crippen molar-refractivity contribution in [2.45, 2.75) is 36.4 Å². The summed E-state index contributed by atoms with van der Waals surface area (Å²) in [6.45, 7) is -0.722. The molecule has 6 atom stereocenters. The lowest BCUT2D eigenvalue weighted by atomic mass is 9.90. The van der Waals surface area contributed by atoms with Gasteiger partial charge in [0, 0.05) is 4.91 Å². The number of nitrogens with zero attached hydrogens (tertiary/aromatic N) is 3. The monoisotopic (exact) mass is 250 g/mol. The van der Waals surface area contributed by atoms with Gasteiger partial charge >= 0.3 is 0 Å². The molecule has 0 spiro atoms. The van der Waals surface area contributed by atoms with Crippen molar-refractivity contribution in [1.29, 1.82) is 0 Å². The zero-order valence-corrected chi connectivity index (χ0v) is 8.66. The molecule has 98 valence electrons. The van der Waals surface area contributed by atoms with Gasteiger partial charge in [0.15, 0.2) is 0 Å². The van der Waals surface area contributed by atoms with Gasteiger partial charge in [-0.25, -0.2) is 0 Å². The number of aliphatic hydroxyl groups is 5. The van der Waals surface area contributed by atoms with Gasteiger partial charge in [-0.3, -0.25) is 0 Å². The Morgan fingerprint density at radius 1 is 1.41 bits per heavy atom. The molecule has 10 heteroatoms. The molecule has 0 radical (unpaired) electrons. The largest absolute Gasteiger partial charge is 0.394 e. The summed E-state index contributed by atoms with van der Waals surface area (Å²) >= 11 is 0. The van der Waals surface area contributed by atoms with Gasteiger partial charge in [0.25, 0.3) is 0 Å². The van der Waals surface area contributed by atoms with Gasteiger partial charge in [0.1, 0.15) is 30.6 Å². The number of hydrogen-bond acceptors (Lipinski definition) is 8. The van der Waals surface area contributed by atoms with Gasteiger partial charge in [-0.15, -0.1) is 0 Å². The lowest BCUT2D eigenvalue weighted by Gasteiger charge is -2.46. The van der Waals surface area contributed by atoms with E-state index in [2.05, 4.69) is 10.0 Å². The summed E-state index contributed by atoms with van der Waals surface area (Å²) in [5, 5.41) is 49.8. The van der Waals surface area contributed by atoms with Crippen LogP contribution in [0.2, 0.25) is 0 Å². The number of rotatable bonds is 3. The SMILES string of the molecule is [N-]=[N+]=NC1(C(N)O)OC(CO)C(O)C(O)C1O. The maximum absolute atomic E-state index is 9.65. The average Bonchev–Trinajstić information content (AvgIpc) is 2.30. The normalized spacial score (nSPS) is 43.9. The minimum Gasteiger partial charge on any atom is -0.394 e. The highest BCUT2D eigenvalue weighted by atomic mass is 16.6. The van der Waals surface area contributed by atoms with Crippen molar-refractivity contribution in [3.8, 4) is 0 Å². The van der Waals surface area contributed by atoms with Crippen LogP contribution < -0.4 is 5.73 Å². The van der Waals surface area contributed by atoms with E-state index >= 15 is 0 Å². The number of azide groups is 1. The van der Waals surface area contributed by atoms with Crippen LogP contribution in [-0.4, -0.2) is 68.5 Å². The number of aliphatic hydroxyl groups excluding tert-OH is 5. The second-order valence-corrected chi connectivity index (χ2v) is 3.65. The van der Waals surface area contributed by atoms with E-state index in [1.54, 1.807) is 0 Å². The molecule has 1 rings (SSSR count).